The predicted molar refractivity (Wildman–Crippen MR) is 113 cm³/mol. The largest absolute Gasteiger partial charge is 0.322 e. The van der Waals surface area contributed by atoms with Gasteiger partial charge in [0.05, 0.1) is 26.2 Å². The van der Waals surface area contributed by atoms with E-state index in [-0.39, 0.29) is 10.8 Å². The number of hydrogen-bond acceptors (Lipinski definition) is 5. The molecule has 9 heteroatoms. The van der Waals surface area contributed by atoms with Crippen molar-refractivity contribution in [2.75, 3.05) is 11.6 Å². The fourth-order valence-electron chi connectivity index (χ4n) is 2.40. The maximum Gasteiger partial charge on any atom is 0.256 e. The zero-order chi connectivity index (χ0) is 19.8. The van der Waals surface area contributed by atoms with Gasteiger partial charge in [-0.3, -0.25) is 4.79 Å². The number of anilines is 1. The Hall–Kier alpha value is -1.74. The lowest BCUT2D eigenvalue weighted by Crippen LogP contribution is -2.13. The highest BCUT2D eigenvalue weighted by Gasteiger charge is 2.16. The second-order valence-corrected chi connectivity index (χ2v) is 10.2. The fraction of sp³-hybridized carbons (Fsp3) is 0.111. The summed E-state index contributed by atoms with van der Waals surface area (Å²) in [7, 11) is -3.35. The van der Waals surface area contributed by atoms with Gasteiger partial charge < -0.3 is 5.32 Å². The minimum atomic E-state index is -3.35. The van der Waals surface area contributed by atoms with Crippen LogP contribution in [-0.2, 0) is 9.84 Å². The number of benzene rings is 2. The Morgan fingerprint density at radius 2 is 1.96 bits per heavy atom. The number of aryl methyl sites for hydroxylation is 1. The van der Waals surface area contributed by atoms with Gasteiger partial charge in [-0.1, -0.05) is 11.6 Å². The molecule has 5 nitrogen and oxygen atoms in total. The number of carbonyl (C=O) groups is 1. The lowest BCUT2D eigenvalue weighted by molar-refractivity contribution is 0.102. The Balaban J connectivity index is 1.89. The monoisotopic (exact) mass is 484 g/mol. The van der Waals surface area contributed by atoms with Crippen molar-refractivity contribution in [3.05, 3.63) is 61.8 Å². The van der Waals surface area contributed by atoms with Gasteiger partial charge in [-0.25, -0.2) is 13.4 Å². The number of aromatic nitrogens is 1. The number of sulfone groups is 1. The molecule has 3 aromatic rings. The van der Waals surface area contributed by atoms with Gasteiger partial charge in [0.2, 0.25) is 0 Å². The molecule has 0 saturated carbocycles. The molecule has 0 spiro atoms. The summed E-state index contributed by atoms with van der Waals surface area (Å²) in [5.74, 6) is -0.371. The molecule has 2 aromatic carbocycles. The van der Waals surface area contributed by atoms with E-state index in [4.69, 9.17) is 11.6 Å². The van der Waals surface area contributed by atoms with Crippen LogP contribution in [0.15, 0.2) is 51.1 Å². The van der Waals surface area contributed by atoms with Gasteiger partial charge in [-0.2, -0.15) is 0 Å². The van der Waals surface area contributed by atoms with E-state index < -0.39 is 9.84 Å². The average Bonchev–Trinajstić information content (AvgIpc) is 3.01. The molecule has 0 bridgehead atoms. The van der Waals surface area contributed by atoms with E-state index in [0.29, 0.717) is 20.7 Å². The first-order valence-electron chi connectivity index (χ1n) is 7.68. The van der Waals surface area contributed by atoms with Crippen molar-refractivity contribution in [3.8, 4) is 11.3 Å². The van der Waals surface area contributed by atoms with Crippen molar-refractivity contribution < 1.29 is 13.2 Å². The minimum absolute atomic E-state index is 0.138. The predicted octanol–water partition coefficient (Wildman–Crippen LogP) is 5.19. The summed E-state index contributed by atoms with van der Waals surface area (Å²) in [6.07, 6.45) is 1.12. The van der Waals surface area contributed by atoms with Crippen LogP contribution in [-0.4, -0.2) is 25.6 Å². The highest BCUT2D eigenvalue weighted by molar-refractivity contribution is 9.10. The SMILES string of the molecule is Cc1nc(-c2cc(NC(=O)c3ccc(S(C)(=O)=O)cc3Br)ccc2Cl)cs1. The Morgan fingerprint density at radius 3 is 2.56 bits per heavy atom. The van der Waals surface area contributed by atoms with Gasteiger partial charge in [0.15, 0.2) is 9.84 Å². The molecule has 140 valence electrons. The third-order valence-electron chi connectivity index (χ3n) is 3.73. The Kier molecular flexibility index (Phi) is 5.71. The molecule has 0 unspecified atom stereocenters. The average molecular weight is 486 g/mol. The summed E-state index contributed by atoms with van der Waals surface area (Å²) >= 11 is 11.0. The first-order chi connectivity index (χ1) is 12.6. The molecule has 1 heterocycles. The number of nitrogens with zero attached hydrogens (tertiary/aromatic N) is 1. The van der Waals surface area contributed by atoms with Gasteiger partial charge in [0, 0.05) is 27.4 Å². The summed E-state index contributed by atoms with van der Waals surface area (Å²) in [5, 5.41) is 6.17. The fourth-order valence-corrected chi connectivity index (χ4v) is 4.58. The van der Waals surface area contributed by atoms with Crippen LogP contribution in [0.3, 0.4) is 0 Å². The van der Waals surface area contributed by atoms with E-state index in [2.05, 4.69) is 26.2 Å². The number of halogens is 2. The summed E-state index contributed by atoms with van der Waals surface area (Å²) in [6, 6.07) is 9.44. The number of carbonyl (C=O) groups excluding carboxylic acids is 1. The molecule has 0 aliphatic carbocycles. The molecule has 27 heavy (non-hydrogen) atoms. The summed E-state index contributed by atoms with van der Waals surface area (Å²) in [5.41, 5.74) is 2.36. The van der Waals surface area contributed by atoms with Crippen molar-refractivity contribution in [3.63, 3.8) is 0 Å². The Bertz CT molecular complexity index is 1140. The highest BCUT2D eigenvalue weighted by Crippen LogP contribution is 2.32. The molecule has 0 radical (unpaired) electrons. The van der Waals surface area contributed by atoms with E-state index in [9.17, 15) is 13.2 Å². The minimum Gasteiger partial charge on any atom is -0.322 e. The van der Waals surface area contributed by atoms with Crippen LogP contribution in [0.5, 0.6) is 0 Å². The first-order valence-corrected chi connectivity index (χ1v) is 11.6. The van der Waals surface area contributed by atoms with E-state index in [1.165, 1.54) is 29.5 Å². The molecule has 1 amide bonds. The Labute approximate surface area is 174 Å². The van der Waals surface area contributed by atoms with Crippen molar-refractivity contribution in [1.29, 1.82) is 0 Å². The number of nitrogens with one attached hydrogen (secondary N) is 1. The van der Waals surface area contributed by atoms with E-state index in [0.717, 1.165) is 22.5 Å². The quantitative estimate of drug-likeness (QED) is 0.552. The van der Waals surface area contributed by atoms with Crippen LogP contribution in [0.4, 0.5) is 5.69 Å². The van der Waals surface area contributed by atoms with Crippen LogP contribution in [0.1, 0.15) is 15.4 Å². The lowest BCUT2D eigenvalue weighted by Gasteiger charge is -2.10. The topological polar surface area (TPSA) is 76.1 Å². The molecule has 3 rings (SSSR count). The number of hydrogen-bond donors (Lipinski definition) is 1. The van der Waals surface area contributed by atoms with Crippen LogP contribution in [0.25, 0.3) is 11.3 Å². The molecular weight excluding hydrogens is 472 g/mol. The zero-order valence-corrected chi connectivity index (χ0v) is 18.3. The van der Waals surface area contributed by atoms with Gasteiger partial charge in [-0.05, 0) is 59.3 Å². The zero-order valence-electron chi connectivity index (χ0n) is 14.3. The normalized spacial score (nSPS) is 11.4. The molecular formula is C18H14BrClN2O3S2. The first kappa shape index (κ1) is 20.0. The summed E-state index contributed by atoms with van der Waals surface area (Å²) in [6.45, 7) is 1.91. The van der Waals surface area contributed by atoms with E-state index >= 15 is 0 Å². The molecule has 0 aliphatic rings. The standard InChI is InChI=1S/C18H14BrClN2O3S2/c1-10-21-17(9-26-10)14-7-11(3-6-16(14)20)22-18(23)13-5-4-12(8-15(13)19)27(2,24)25/h3-9H,1-2H3,(H,22,23). The van der Waals surface area contributed by atoms with Gasteiger partial charge in [0.25, 0.3) is 5.91 Å². The molecule has 1 N–H and O–H groups in total. The molecule has 0 aliphatic heterocycles. The van der Waals surface area contributed by atoms with Crippen molar-refractivity contribution in [2.45, 2.75) is 11.8 Å². The molecule has 1 aromatic heterocycles. The second kappa shape index (κ2) is 7.71. The van der Waals surface area contributed by atoms with Crippen LogP contribution in [0.2, 0.25) is 5.02 Å². The molecule has 0 saturated heterocycles. The smallest absolute Gasteiger partial charge is 0.256 e. The van der Waals surface area contributed by atoms with Crippen LogP contribution in [0, 0.1) is 6.92 Å². The van der Waals surface area contributed by atoms with Crippen LogP contribution >= 0.6 is 38.9 Å². The number of thiazole rings is 1. The van der Waals surface area contributed by atoms with Gasteiger partial charge in [-0.15, -0.1) is 11.3 Å². The highest BCUT2D eigenvalue weighted by atomic mass is 79.9. The van der Waals surface area contributed by atoms with E-state index in [1.807, 2.05) is 12.3 Å². The molecule has 0 fully saturated rings. The Morgan fingerprint density at radius 1 is 1.22 bits per heavy atom. The van der Waals surface area contributed by atoms with E-state index in [1.54, 1.807) is 18.2 Å². The van der Waals surface area contributed by atoms with Crippen molar-refractivity contribution in [1.82, 2.24) is 4.98 Å². The van der Waals surface area contributed by atoms with Crippen molar-refractivity contribution in [2.24, 2.45) is 0 Å². The number of amides is 1. The third kappa shape index (κ3) is 4.57. The third-order valence-corrected chi connectivity index (χ3v) is 6.60. The molecule has 0 atom stereocenters. The number of rotatable bonds is 4. The summed E-state index contributed by atoms with van der Waals surface area (Å²) in [4.78, 5) is 17.2. The van der Waals surface area contributed by atoms with Gasteiger partial charge >= 0.3 is 0 Å². The van der Waals surface area contributed by atoms with Crippen molar-refractivity contribution >= 4 is 60.3 Å². The lowest BCUT2D eigenvalue weighted by atomic mass is 10.1. The van der Waals surface area contributed by atoms with Crippen LogP contribution < -0.4 is 5.32 Å². The maximum absolute atomic E-state index is 12.6. The second-order valence-electron chi connectivity index (χ2n) is 5.81. The summed E-state index contributed by atoms with van der Waals surface area (Å²) < 4.78 is 23.6. The maximum atomic E-state index is 12.6. The van der Waals surface area contributed by atoms with Gasteiger partial charge in [0.1, 0.15) is 0 Å².